The average Bonchev–Trinajstić information content (AvgIpc) is 2.51. The lowest BCUT2D eigenvalue weighted by Gasteiger charge is -2.20. The molecule has 2 aromatic carbocycles. The highest BCUT2D eigenvalue weighted by Crippen LogP contribution is 2.32. The van der Waals surface area contributed by atoms with Crippen LogP contribution in [0.4, 0.5) is 18.9 Å². The van der Waals surface area contributed by atoms with Crippen molar-refractivity contribution < 1.29 is 26.3 Å². The molecule has 0 spiro atoms. The Balaban J connectivity index is 2.29. The van der Waals surface area contributed by atoms with Crippen LogP contribution in [-0.2, 0) is 22.8 Å². The van der Waals surface area contributed by atoms with Crippen LogP contribution >= 0.6 is 0 Å². The van der Waals surface area contributed by atoms with E-state index in [2.05, 4.69) is 0 Å². The molecule has 4 nitrogen and oxygen atoms in total. The van der Waals surface area contributed by atoms with Crippen molar-refractivity contribution in [3.63, 3.8) is 0 Å². The zero-order valence-electron chi connectivity index (χ0n) is 14.0. The van der Waals surface area contributed by atoms with Gasteiger partial charge < -0.3 is 4.74 Å². The number of para-hydroxylation sites is 2. The Kier molecular flexibility index (Phi) is 5.31. The number of hydrogen-bond acceptors (Lipinski definition) is 3. The number of hydrogen-bond donors (Lipinski definition) is 0. The molecular weight excluding hydrogens is 355 g/mol. The highest BCUT2D eigenvalue weighted by molar-refractivity contribution is 7.92. The molecule has 2 aromatic rings. The van der Waals surface area contributed by atoms with E-state index < -0.39 is 21.8 Å². The summed E-state index contributed by atoms with van der Waals surface area (Å²) in [5.74, 6) is 0.271. The topological polar surface area (TPSA) is 46.6 Å². The number of nitrogens with zero attached hydrogens (tertiary/aromatic N) is 1. The second-order valence-electron chi connectivity index (χ2n) is 5.63. The van der Waals surface area contributed by atoms with Crippen LogP contribution in [0.3, 0.4) is 0 Å². The van der Waals surface area contributed by atoms with Gasteiger partial charge in [0.25, 0.3) is 0 Å². The molecule has 0 unspecified atom stereocenters. The zero-order valence-corrected chi connectivity index (χ0v) is 14.8. The van der Waals surface area contributed by atoms with Gasteiger partial charge in [0.05, 0.1) is 17.5 Å². The fourth-order valence-electron chi connectivity index (χ4n) is 2.18. The molecule has 136 valence electrons. The van der Waals surface area contributed by atoms with E-state index in [1.165, 1.54) is 13.1 Å². The van der Waals surface area contributed by atoms with Crippen molar-refractivity contribution in [1.29, 1.82) is 0 Å². The quantitative estimate of drug-likeness (QED) is 0.796. The molecule has 0 aliphatic heterocycles. The number of rotatable bonds is 5. The van der Waals surface area contributed by atoms with Gasteiger partial charge in [-0.3, -0.25) is 4.31 Å². The lowest BCUT2D eigenvalue weighted by molar-refractivity contribution is -0.137. The number of halogens is 3. The van der Waals surface area contributed by atoms with E-state index >= 15 is 0 Å². The third-order valence-corrected chi connectivity index (χ3v) is 4.95. The van der Waals surface area contributed by atoms with E-state index in [4.69, 9.17) is 4.74 Å². The van der Waals surface area contributed by atoms with Crippen molar-refractivity contribution >= 4 is 15.7 Å². The van der Waals surface area contributed by atoms with Crippen LogP contribution in [0.15, 0.2) is 42.5 Å². The number of benzene rings is 2. The maximum absolute atomic E-state index is 12.8. The lowest BCUT2D eigenvalue weighted by atomic mass is 10.1. The van der Waals surface area contributed by atoms with Gasteiger partial charge in [0.15, 0.2) is 0 Å². The van der Waals surface area contributed by atoms with Crippen molar-refractivity contribution in [1.82, 2.24) is 0 Å². The first-order valence-electron chi connectivity index (χ1n) is 7.32. The van der Waals surface area contributed by atoms with Crippen LogP contribution in [0, 0.1) is 6.92 Å². The Morgan fingerprint density at radius 3 is 2.36 bits per heavy atom. The summed E-state index contributed by atoms with van der Waals surface area (Å²) in [6.45, 7) is 1.58. The van der Waals surface area contributed by atoms with E-state index in [9.17, 15) is 21.6 Å². The molecule has 2 rings (SSSR count). The summed E-state index contributed by atoms with van der Waals surface area (Å²) in [4.78, 5) is 0. The zero-order chi connectivity index (χ0) is 18.8. The molecule has 0 atom stereocenters. The van der Waals surface area contributed by atoms with Crippen LogP contribution in [0.5, 0.6) is 5.75 Å². The molecule has 0 saturated heterocycles. The fourth-order valence-corrected chi connectivity index (χ4v) is 2.68. The summed E-state index contributed by atoms with van der Waals surface area (Å²) < 4.78 is 68.6. The summed E-state index contributed by atoms with van der Waals surface area (Å²) in [6.07, 6.45) is -3.38. The van der Waals surface area contributed by atoms with Gasteiger partial charge in [-0.05, 0) is 42.3 Å². The van der Waals surface area contributed by atoms with Crippen molar-refractivity contribution in [2.24, 2.45) is 0 Å². The van der Waals surface area contributed by atoms with Crippen LogP contribution in [0.25, 0.3) is 0 Å². The van der Waals surface area contributed by atoms with Crippen molar-refractivity contribution in [2.75, 3.05) is 17.6 Å². The maximum atomic E-state index is 12.8. The number of anilines is 1. The Hall–Kier alpha value is -2.22. The molecule has 0 saturated carbocycles. The Morgan fingerprint density at radius 1 is 1.12 bits per heavy atom. The van der Waals surface area contributed by atoms with Crippen LogP contribution < -0.4 is 9.04 Å². The maximum Gasteiger partial charge on any atom is 0.416 e. The highest BCUT2D eigenvalue weighted by atomic mass is 32.2. The summed E-state index contributed by atoms with van der Waals surface area (Å²) >= 11 is 0. The largest absolute Gasteiger partial charge is 0.487 e. The van der Waals surface area contributed by atoms with E-state index in [1.807, 2.05) is 0 Å². The molecule has 0 N–H and O–H groups in total. The first kappa shape index (κ1) is 19.1. The second-order valence-corrected chi connectivity index (χ2v) is 7.64. The standard InChI is InChI=1S/C17H18F3NO3S/c1-12-8-9-14(17(18,19)20)10-13(12)11-24-16-7-5-4-6-15(16)21(2)25(3,22)23/h4-10H,11H2,1-3H3. The highest BCUT2D eigenvalue weighted by Gasteiger charge is 2.30. The third-order valence-electron chi connectivity index (χ3n) is 3.76. The van der Waals surface area contributed by atoms with Gasteiger partial charge in [-0.25, -0.2) is 8.42 Å². The Morgan fingerprint density at radius 2 is 1.76 bits per heavy atom. The number of aryl methyl sites for hydroxylation is 1. The summed E-state index contributed by atoms with van der Waals surface area (Å²) in [5.41, 5.74) is 0.599. The molecule has 0 aromatic heterocycles. The van der Waals surface area contributed by atoms with E-state index in [-0.39, 0.29) is 12.4 Å². The first-order valence-corrected chi connectivity index (χ1v) is 9.17. The van der Waals surface area contributed by atoms with Crippen molar-refractivity contribution in [3.8, 4) is 5.75 Å². The molecule has 0 radical (unpaired) electrons. The molecule has 0 fully saturated rings. The van der Waals surface area contributed by atoms with Gasteiger partial charge in [0.1, 0.15) is 12.4 Å². The van der Waals surface area contributed by atoms with E-state index in [0.29, 0.717) is 16.8 Å². The minimum atomic E-state index is -4.43. The van der Waals surface area contributed by atoms with Gasteiger partial charge in [-0.2, -0.15) is 13.2 Å². The van der Waals surface area contributed by atoms with Gasteiger partial charge in [0, 0.05) is 7.05 Å². The molecule has 8 heteroatoms. The normalized spacial score (nSPS) is 12.1. The van der Waals surface area contributed by atoms with Gasteiger partial charge >= 0.3 is 6.18 Å². The first-order chi connectivity index (χ1) is 11.5. The van der Waals surface area contributed by atoms with E-state index in [0.717, 1.165) is 22.7 Å². The van der Waals surface area contributed by atoms with Gasteiger partial charge in [-0.15, -0.1) is 0 Å². The SMILES string of the molecule is Cc1ccc(C(F)(F)F)cc1COc1ccccc1N(C)S(C)(=O)=O. The monoisotopic (exact) mass is 373 g/mol. The number of alkyl halides is 3. The Bertz CT molecular complexity index is 864. The smallest absolute Gasteiger partial charge is 0.416 e. The minimum absolute atomic E-state index is 0.107. The number of sulfonamides is 1. The average molecular weight is 373 g/mol. The number of ether oxygens (including phenoxy) is 1. The van der Waals surface area contributed by atoms with Gasteiger partial charge in [0.2, 0.25) is 10.0 Å². The Labute approximate surface area is 144 Å². The summed E-state index contributed by atoms with van der Waals surface area (Å²) in [7, 11) is -2.11. The summed E-state index contributed by atoms with van der Waals surface area (Å²) in [6, 6.07) is 9.89. The fraction of sp³-hybridized carbons (Fsp3) is 0.294. The predicted octanol–water partition coefficient (Wildman–Crippen LogP) is 3.99. The molecule has 0 aliphatic rings. The molecular formula is C17H18F3NO3S. The molecule has 25 heavy (non-hydrogen) atoms. The van der Waals surface area contributed by atoms with Crippen LogP contribution in [0.1, 0.15) is 16.7 Å². The predicted molar refractivity (Wildman–Crippen MR) is 90.2 cm³/mol. The van der Waals surface area contributed by atoms with Crippen LogP contribution in [0.2, 0.25) is 0 Å². The van der Waals surface area contributed by atoms with Crippen molar-refractivity contribution in [3.05, 3.63) is 59.2 Å². The molecule has 0 amide bonds. The lowest BCUT2D eigenvalue weighted by Crippen LogP contribution is -2.25. The molecule has 0 bridgehead atoms. The van der Waals surface area contributed by atoms with E-state index in [1.54, 1.807) is 31.2 Å². The minimum Gasteiger partial charge on any atom is -0.487 e. The molecule has 0 heterocycles. The third kappa shape index (κ3) is 4.66. The van der Waals surface area contributed by atoms with Crippen molar-refractivity contribution in [2.45, 2.75) is 19.7 Å². The van der Waals surface area contributed by atoms with Crippen LogP contribution in [-0.4, -0.2) is 21.7 Å². The van der Waals surface area contributed by atoms with Gasteiger partial charge in [-0.1, -0.05) is 18.2 Å². The molecule has 0 aliphatic carbocycles. The second kappa shape index (κ2) is 6.95. The summed E-state index contributed by atoms with van der Waals surface area (Å²) in [5, 5.41) is 0.